The van der Waals surface area contributed by atoms with E-state index in [1.807, 2.05) is 0 Å². The second-order valence-corrected chi connectivity index (χ2v) is 9.23. The number of halogens is 2. The van der Waals surface area contributed by atoms with Gasteiger partial charge in [0.25, 0.3) is 0 Å². The van der Waals surface area contributed by atoms with Gasteiger partial charge in [-0.3, -0.25) is 0 Å². The molecule has 0 atom stereocenters. The maximum atomic E-state index is 2.35. The van der Waals surface area contributed by atoms with Crippen molar-refractivity contribution >= 4 is 21.6 Å². The molecule has 8 heavy (non-hydrogen) atoms. The van der Waals surface area contributed by atoms with Crippen molar-refractivity contribution in [2.45, 2.75) is 0 Å². The van der Waals surface area contributed by atoms with E-state index in [-0.39, 0.29) is 46.4 Å². The zero-order valence-corrected chi connectivity index (χ0v) is 10.8. The van der Waals surface area contributed by atoms with Gasteiger partial charge in [0.1, 0.15) is 0 Å². The molecule has 1 rings (SSSR count). The molecule has 1 aliphatic heterocycles. The van der Waals surface area contributed by atoms with E-state index in [0.29, 0.717) is 0 Å². The van der Waals surface area contributed by atoms with Crippen molar-refractivity contribution in [3.05, 3.63) is 17.4 Å². The molecule has 4 heteroatoms. The van der Waals surface area contributed by atoms with Crippen LogP contribution in [0.5, 0.6) is 0 Å². The Morgan fingerprint density at radius 3 is 2.12 bits per heavy atom. The molecule has 0 unspecified atom stereocenters. The Kier molecular flexibility index (Phi) is 10.7. The van der Waals surface area contributed by atoms with Crippen LogP contribution in [0.25, 0.3) is 0 Å². The van der Waals surface area contributed by atoms with Crippen LogP contribution in [0.1, 0.15) is 0 Å². The summed E-state index contributed by atoms with van der Waals surface area (Å²) in [6.45, 7) is 0. The Morgan fingerprint density at radius 1 is 1.38 bits per heavy atom. The molecular formula is C4H4Cl2SbZr. The van der Waals surface area contributed by atoms with Gasteiger partial charge in [-0.1, -0.05) is 0 Å². The van der Waals surface area contributed by atoms with Crippen LogP contribution >= 0.6 is 0 Å². The average molecular weight is 336 g/mol. The standard InChI is InChI=1S/C4H3.2ClH.Sb.Zr.H/c1-3-4-2;;;;;/h1,3-4H;2*1H;;;/q;;;;+2;/p-2. The van der Waals surface area contributed by atoms with E-state index in [0.717, 1.165) is 0 Å². The van der Waals surface area contributed by atoms with Gasteiger partial charge < -0.3 is 24.8 Å². The Hall–Kier alpha value is 1.76. The van der Waals surface area contributed by atoms with Crippen molar-refractivity contribution in [1.29, 1.82) is 0 Å². The molecule has 0 radical (unpaired) electrons. The van der Waals surface area contributed by atoms with E-state index in [1.54, 1.807) is 25.9 Å². The van der Waals surface area contributed by atoms with Gasteiger partial charge in [-0.15, -0.1) is 0 Å². The van der Waals surface area contributed by atoms with Crippen molar-refractivity contribution in [3.8, 4) is 0 Å². The van der Waals surface area contributed by atoms with Gasteiger partial charge in [0.15, 0.2) is 0 Å². The van der Waals surface area contributed by atoms with Crippen LogP contribution in [0.2, 0.25) is 0 Å². The van der Waals surface area contributed by atoms with Gasteiger partial charge in [-0.2, -0.15) is 0 Å². The SMILES string of the molecule is [Cl-].[Cl-].[Zr+2][C]1=CC=[CH][SbH]1. The fraction of sp³-hybridized carbons (Fsp3) is 0. The summed E-state index contributed by atoms with van der Waals surface area (Å²) in [5.41, 5.74) is 0. The summed E-state index contributed by atoms with van der Waals surface area (Å²) in [4.78, 5) is 0. The van der Waals surface area contributed by atoms with Gasteiger partial charge in [0.2, 0.25) is 0 Å². The molecule has 0 aromatic heterocycles. The molecular weight excluding hydrogens is 332 g/mol. The van der Waals surface area contributed by atoms with E-state index in [4.69, 9.17) is 0 Å². The molecule has 0 nitrogen and oxygen atoms in total. The molecule has 43 valence electrons. The first kappa shape index (κ1) is 12.4. The molecule has 1 aliphatic rings. The summed E-state index contributed by atoms with van der Waals surface area (Å²) in [7, 11) is 0. The van der Waals surface area contributed by atoms with Gasteiger partial charge in [-0.05, 0) is 0 Å². The first-order valence-electron chi connectivity index (χ1n) is 1.74. The first-order chi connectivity index (χ1) is 2.89. The normalized spacial score (nSPS) is 14.0. The second kappa shape index (κ2) is 6.88. The van der Waals surface area contributed by atoms with Crippen molar-refractivity contribution in [2.24, 2.45) is 0 Å². The van der Waals surface area contributed by atoms with Crippen molar-refractivity contribution in [3.63, 3.8) is 0 Å². The zero-order valence-electron chi connectivity index (χ0n) is 3.99. The number of rotatable bonds is 0. The zero-order chi connectivity index (χ0) is 4.41. The molecule has 0 aromatic carbocycles. The summed E-state index contributed by atoms with van der Waals surface area (Å²) < 4.78 is 4.08. The Morgan fingerprint density at radius 2 is 2.00 bits per heavy atom. The van der Waals surface area contributed by atoms with Gasteiger partial charge >= 0.3 is 63.7 Å². The quantitative estimate of drug-likeness (QED) is 0.387. The molecule has 0 N–H and O–H groups in total. The summed E-state index contributed by atoms with van der Waals surface area (Å²) >= 11 is 1.60. The molecule has 0 amide bonds. The van der Waals surface area contributed by atoms with Crippen LogP contribution in [-0.4, -0.2) is 21.6 Å². The molecule has 0 saturated heterocycles. The minimum absolute atomic E-state index is 0. The Balaban J connectivity index is 0. The van der Waals surface area contributed by atoms with Crippen molar-refractivity contribution in [2.75, 3.05) is 0 Å². The average Bonchev–Trinajstić information content (AvgIpc) is 1.86. The number of hydrogen-bond donors (Lipinski definition) is 0. The summed E-state index contributed by atoms with van der Waals surface area (Å²) in [5, 5.41) is 0. The predicted molar refractivity (Wildman–Crippen MR) is 24.4 cm³/mol. The molecule has 0 aromatic rings. The molecule has 1 heterocycles. The van der Waals surface area contributed by atoms with Crippen LogP contribution in [0, 0.1) is 0 Å². The van der Waals surface area contributed by atoms with Crippen molar-refractivity contribution in [1.82, 2.24) is 0 Å². The van der Waals surface area contributed by atoms with Gasteiger partial charge in [0.05, 0.1) is 0 Å². The minimum atomic E-state index is -0.0400. The molecule has 0 bridgehead atoms. The van der Waals surface area contributed by atoms with Crippen LogP contribution < -0.4 is 24.8 Å². The third-order valence-electron chi connectivity index (χ3n) is 0.598. The van der Waals surface area contributed by atoms with Gasteiger partial charge in [0, 0.05) is 0 Å². The first-order valence-corrected chi connectivity index (χ1v) is 6.05. The van der Waals surface area contributed by atoms with Crippen LogP contribution in [0.3, 0.4) is 0 Å². The Bertz CT molecular complexity index is 111. The van der Waals surface area contributed by atoms with E-state index in [1.165, 1.54) is 0 Å². The third-order valence-corrected chi connectivity index (χ3v) is 5.78. The number of hydrogen-bond acceptors (Lipinski definition) is 0. The van der Waals surface area contributed by atoms with Crippen LogP contribution in [0.15, 0.2) is 17.4 Å². The number of allylic oxidation sites excluding steroid dienone is 2. The fourth-order valence-electron chi connectivity index (χ4n) is 0.330. The van der Waals surface area contributed by atoms with Crippen LogP contribution in [-0.2, 0) is 24.7 Å². The predicted octanol–water partition coefficient (Wildman–Crippen LogP) is -5.65. The molecule has 0 spiro atoms. The van der Waals surface area contributed by atoms with E-state index < -0.39 is 0 Å². The van der Waals surface area contributed by atoms with Gasteiger partial charge in [-0.25, -0.2) is 0 Å². The van der Waals surface area contributed by atoms with Crippen molar-refractivity contribution < 1.29 is 49.5 Å². The summed E-state index contributed by atoms with van der Waals surface area (Å²) in [6, 6.07) is 0. The molecule has 0 aliphatic carbocycles. The third kappa shape index (κ3) is 4.62. The van der Waals surface area contributed by atoms with E-state index in [9.17, 15) is 0 Å². The molecule has 0 fully saturated rings. The second-order valence-electron chi connectivity index (χ2n) is 1.08. The maximum absolute atomic E-state index is 2.35. The van der Waals surface area contributed by atoms with E-state index >= 15 is 0 Å². The van der Waals surface area contributed by atoms with E-state index in [2.05, 4.69) is 16.2 Å². The topological polar surface area (TPSA) is 0 Å². The monoisotopic (exact) mass is 333 g/mol. The Labute approximate surface area is 87.4 Å². The van der Waals surface area contributed by atoms with Crippen LogP contribution in [0.4, 0.5) is 0 Å². The fourth-order valence-corrected chi connectivity index (χ4v) is 3.55. The molecule has 0 saturated carbocycles. The summed E-state index contributed by atoms with van der Waals surface area (Å²) in [5.74, 6) is 0. The summed E-state index contributed by atoms with van der Waals surface area (Å²) in [6.07, 6.45) is 4.45.